The second-order valence-corrected chi connectivity index (χ2v) is 7.69. The highest BCUT2D eigenvalue weighted by atomic mass is 32.2. The van der Waals surface area contributed by atoms with Crippen molar-refractivity contribution in [3.05, 3.63) is 41.2 Å². The summed E-state index contributed by atoms with van der Waals surface area (Å²) in [5.74, 6) is -0.632. The van der Waals surface area contributed by atoms with E-state index < -0.39 is 15.9 Å². The quantitative estimate of drug-likeness (QED) is 0.754. The van der Waals surface area contributed by atoms with Crippen molar-refractivity contribution in [1.29, 1.82) is 0 Å². The van der Waals surface area contributed by atoms with E-state index in [1.165, 1.54) is 14.0 Å². The van der Waals surface area contributed by atoms with Crippen molar-refractivity contribution in [2.45, 2.75) is 25.7 Å². The third-order valence-electron chi connectivity index (χ3n) is 3.65. The molecule has 0 saturated heterocycles. The van der Waals surface area contributed by atoms with E-state index in [9.17, 15) is 18.0 Å². The molecule has 2 aromatic rings. The van der Waals surface area contributed by atoms with E-state index in [2.05, 4.69) is 15.5 Å². The van der Waals surface area contributed by atoms with Crippen molar-refractivity contribution >= 4 is 27.4 Å². The van der Waals surface area contributed by atoms with Crippen molar-refractivity contribution in [3.8, 4) is 0 Å². The van der Waals surface area contributed by atoms with E-state index >= 15 is 0 Å². The number of sulfonamides is 1. The number of hydrogen-bond acceptors (Lipinski definition) is 5. The van der Waals surface area contributed by atoms with Gasteiger partial charge in [0.2, 0.25) is 15.9 Å². The van der Waals surface area contributed by atoms with Crippen LogP contribution < -0.4 is 5.32 Å². The number of nitrogens with zero attached hydrogens (tertiary/aromatic N) is 2. The monoisotopic (exact) mass is 364 g/mol. The lowest BCUT2D eigenvalue weighted by Gasteiger charge is -2.17. The van der Waals surface area contributed by atoms with Gasteiger partial charge < -0.3 is 5.32 Å². The Labute approximate surface area is 146 Å². The minimum absolute atomic E-state index is 0.0707. The van der Waals surface area contributed by atoms with Crippen LogP contribution in [0.3, 0.4) is 0 Å². The first-order valence-corrected chi connectivity index (χ1v) is 8.95. The summed E-state index contributed by atoms with van der Waals surface area (Å²) in [5.41, 5.74) is 1.65. The molecule has 8 nitrogen and oxygen atoms in total. The molecule has 0 radical (unpaired) electrons. The SMILES string of the molecule is CC(=O)c1cccc(NC(=O)CN(C)S(=O)(=O)c2c(C)n[nH]c2C)c1. The standard InChI is InChI=1S/C16H20N4O4S/c1-10-16(11(2)19-18-10)25(23,24)20(4)9-15(22)17-14-7-5-6-13(8-14)12(3)21/h5-8H,9H2,1-4H3,(H,17,22)(H,18,19). The number of nitrogens with one attached hydrogen (secondary N) is 2. The molecule has 0 unspecified atom stereocenters. The molecule has 2 rings (SSSR count). The first-order chi connectivity index (χ1) is 11.6. The number of aryl methyl sites for hydroxylation is 2. The molecule has 0 fully saturated rings. The summed E-state index contributed by atoms with van der Waals surface area (Å²) in [6.45, 7) is 4.25. The molecule has 1 amide bonds. The fourth-order valence-electron chi connectivity index (χ4n) is 2.38. The number of benzene rings is 1. The number of hydrogen-bond donors (Lipinski definition) is 2. The van der Waals surface area contributed by atoms with E-state index in [4.69, 9.17) is 0 Å². The summed E-state index contributed by atoms with van der Waals surface area (Å²) >= 11 is 0. The normalized spacial score (nSPS) is 11.6. The summed E-state index contributed by atoms with van der Waals surface area (Å²) in [6.07, 6.45) is 0. The molecule has 0 aliphatic heterocycles. The first-order valence-electron chi connectivity index (χ1n) is 7.51. The van der Waals surface area contributed by atoms with E-state index in [0.29, 0.717) is 22.6 Å². The van der Waals surface area contributed by atoms with Crippen molar-refractivity contribution in [2.24, 2.45) is 0 Å². The first kappa shape index (κ1) is 18.8. The topological polar surface area (TPSA) is 112 Å². The third-order valence-corrected chi connectivity index (χ3v) is 5.72. The molecule has 0 aliphatic carbocycles. The van der Waals surface area contributed by atoms with Gasteiger partial charge in [-0.2, -0.15) is 9.40 Å². The maximum absolute atomic E-state index is 12.6. The van der Waals surface area contributed by atoms with E-state index in [-0.39, 0.29) is 17.2 Å². The van der Waals surface area contributed by atoms with E-state index in [0.717, 1.165) is 4.31 Å². The number of aromatic nitrogens is 2. The molecule has 0 aliphatic rings. The van der Waals surface area contributed by atoms with Gasteiger partial charge in [0.1, 0.15) is 4.90 Å². The maximum Gasteiger partial charge on any atom is 0.246 e. The average Bonchev–Trinajstić information content (AvgIpc) is 2.86. The molecular formula is C16H20N4O4S. The number of H-pyrrole nitrogens is 1. The van der Waals surface area contributed by atoms with Crippen LogP contribution in [0.15, 0.2) is 29.2 Å². The predicted octanol–water partition coefficient (Wildman–Crippen LogP) is 1.49. The van der Waals surface area contributed by atoms with Crippen LogP contribution in [0.4, 0.5) is 5.69 Å². The van der Waals surface area contributed by atoms with Gasteiger partial charge >= 0.3 is 0 Å². The smallest absolute Gasteiger partial charge is 0.246 e. The van der Waals surface area contributed by atoms with Gasteiger partial charge in [0, 0.05) is 18.3 Å². The Balaban J connectivity index is 2.12. The Morgan fingerprint density at radius 1 is 1.28 bits per heavy atom. The van der Waals surface area contributed by atoms with Crippen molar-refractivity contribution in [1.82, 2.24) is 14.5 Å². The largest absolute Gasteiger partial charge is 0.325 e. The Morgan fingerprint density at radius 3 is 2.52 bits per heavy atom. The number of carbonyl (C=O) groups is 2. The Morgan fingerprint density at radius 2 is 1.96 bits per heavy atom. The summed E-state index contributed by atoms with van der Waals surface area (Å²) in [4.78, 5) is 23.6. The van der Waals surface area contributed by atoms with E-state index in [1.54, 1.807) is 38.1 Å². The van der Waals surface area contributed by atoms with Gasteiger partial charge in [-0.05, 0) is 32.9 Å². The molecule has 0 atom stereocenters. The van der Waals surface area contributed by atoms with Crippen LogP contribution >= 0.6 is 0 Å². The Hall–Kier alpha value is -2.52. The second-order valence-electron chi connectivity index (χ2n) is 5.71. The van der Waals surface area contributed by atoms with Crippen LogP contribution in [0, 0.1) is 13.8 Å². The van der Waals surface area contributed by atoms with Gasteiger partial charge in [-0.25, -0.2) is 8.42 Å². The Bertz CT molecular complexity index is 898. The van der Waals surface area contributed by atoms with Crippen molar-refractivity contribution < 1.29 is 18.0 Å². The molecule has 0 spiro atoms. The molecule has 1 heterocycles. The number of aromatic amines is 1. The number of rotatable bonds is 6. The predicted molar refractivity (Wildman–Crippen MR) is 93.0 cm³/mol. The van der Waals surface area contributed by atoms with Crippen LogP contribution in [0.1, 0.15) is 28.7 Å². The number of likely N-dealkylation sites (N-methyl/N-ethyl adjacent to an activating group) is 1. The molecule has 9 heteroatoms. The van der Waals surface area contributed by atoms with Crippen LogP contribution in [-0.2, 0) is 14.8 Å². The van der Waals surface area contributed by atoms with Gasteiger partial charge in [0.25, 0.3) is 0 Å². The molecule has 134 valence electrons. The maximum atomic E-state index is 12.6. The third kappa shape index (κ3) is 4.12. The molecular weight excluding hydrogens is 344 g/mol. The van der Waals surface area contributed by atoms with Gasteiger partial charge in [0.05, 0.1) is 17.9 Å². The molecule has 2 N–H and O–H groups in total. The number of Topliss-reactive ketones (excluding diaryl/α,β-unsaturated/α-hetero) is 1. The van der Waals surface area contributed by atoms with Crippen molar-refractivity contribution in [2.75, 3.05) is 18.9 Å². The summed E-state index contributed by atoms with van der Waals surface area (Å²) in [6, 6.07) is 6.45. The highest BCUT2D eigenvalue weighted by Crippen LogP contribution is 2.20. The van der Waals surface area contributed by atoms with Gasteiger partial charge in [0.15, 0.2) is 5.78 Å². The van der Waals surface area contributed by atoms with Gasteiger partial charge in [-0.3, -0.25) is 14.7 Å². The lowest BCUT2D eigenvalue weighted by molar-refractivity contribution is -0.116. The number of ketones is 1. The summed E-state index contributed by atoms with van der Waals surface area (Å²) in [7, 11) is -2.52. The van der Waals surface area contributed by atoms with Crippen LogP contribution in [0.5, 0.6) is 0 Å². The molecule has 25 heavy (non-hydrogen) atoms. The minimum Gasteiger partial charge on any atom is -0.325 e. The van der Waals surface area contributed by atoms with Gasteiger partial charge in [-0.1, -0.05) is 12.1 Å². The number of carbonyl (C=O) groups excluding carboxylic acids is 2. The van der Waals surface area contributed by atoms with Crippen LogP contribution in [0.2, 0.25) is 0 Å². The highest BCUT2D eigenvalue weighted by molar-refractivity contribution is 7.89. The molecule has 1 aromatic carbocycles. The summed E-state index contributed by atoms with van der Waals surface area (Å²) in [5, 5.41) is 9.09. The fourth-order valence-corrected chi connectivity index (χ4v) is 3.83. The lowest BCUT2D eigenvalue weighted by Crippen LogP contribution is -2.35. The second kappa shape index (κ2) is 7.16. The van der Waals surface area contributed by atoms with Crippen LogP contribution in [0.25, 0.3) is 0 Å². The number of amides is 1. The lowest BCUT2D eigenvalue weighted by atomic mass is 10.1. The fraction of sp³-hybridized carbons (Fsp3) is 0.312. The zero-order valence-electron chi connectivity index (χ0n) is 14.5. The van der Waals surface area contributed by atoms with E-state index in [1.807, 2.05) is 0 Å². The van der Waals surface area contributed by atoms with Crippen LogP contribution in [-0.4, -0.2) is 48.2 Å². The number of anilines is 1. The highest BCUT2D eigenvalue weighted by Gasteiger charge is 2.28. The molecule has 0 bridgehead atoms. The minimum atomic E-state index is -3.84. The summed E-state index contributed by atoms with van der Waals surface area (Å²) < 4.78 is 26.2. The average molecular weight is 364 g/mol. The Kier molecular flexibility index (Phi) is 5.39. The molecule has 1 aromatic heterocycles. The zero-order chi connectivity index (χ0) is 18.8. The molecule has 0 saturated carbocycles. The zero-order valence-corrected chi connectivity index (χ0v) is 15.3. The van der Waals surface area contributed by atoms with Gasteiger partial charge in [-0.15, -0.1) is 0 Å². The van der Waals surface area contributed by atoms with Crippen molar-refractivity contribution in [3.63, 3.8) is 0 Å².